The van der Waals surface area contributed by atoms with Crippen LogP contribution in [0, 0.1) is 5.92 Å². The van der Waals surface area contributed by atoms with Crippen LogP contribution in [0.1, 0.15) is 44.4 Å². The molecule has 2 atom stereocenters. The SMILES string of the molecule is CCNC(C(C)C)C1CCc2cccnc21. The van der Waals surface area contributed by atoms with Crippen LogP contribution in [0.15, 0.2) is 18.3 Å². The minimum Gasteiger partial charge on any atom is -0.313 e. The van der Waals surface area contributed by atoms with Crippen molar-refractivity contribution in [3.63, 3.8) is 0 Å². The molecule has 2 rings (SSSR count). The average molecular weight is 218 g/mol. The summed E-state index contributed by atoms with van der Waals surface area (Å²) in [6.07, 6.45) is 4.38. The minimum atomic E-state index is 0.571. The number of hydrogen-bond donors (Lipinski definition) is 1. The topological polar surface area (TPSA) is 24.9 Å². The highest BCUT2D eigenvalue weighted by atomic mass is 14.9. The number of hydrogen-bond acceptors (Lipinski definition) is 2. The Kier molecular flexibility index (Phi) is 3.59. The van der Waals surface area contributed by atoms with Crippen molar-refractivity contribution in [1.82, 2.24) is 10.3 Å². The molecule has 0 fully saturated rings. The molecule has 0 radical (unpaired) electrons. The van der Waals surface area contributed by atoms with Gasteiger partial charge in [0.15, 0.2) is 0 Å². The van der Waals surface area contributed by atoms with Crippen LogP contribution in [-0.2, 0) is 6.42 Å². The third kappa shape index (κ3) is 2.12. The Bertz CT molecular complexity index is 346. The molecule has 0 aromatic carbocycles. The van der Waals surface area contributed by atoms with Gasteiger partial charge in [-0.15, -0.1) is 0 Å². The van der Waals surface area contributed by atoms with Crippen molar-refractivity contribution >= 4 is 0 Å². The summed E-state index contributed by atoms with van der Waals surface area (Å²) in [6.45, 7) is 7.83. The van der Waals surface area contributed by atoms with Gasteiger partial charge in [-0.2, -0.15) is 0 Å². The maximum Gasteiger partial charge on any atom is 0.0482 e. The van der Waals surface area contributed by atoms with Gasteiger partial charge in [0.05, 0.1) is 0 Å². The fourth-order valence-electron chi connectivity index (χ4n) is 2.87. The van der Waals surface area contributed by atoms with E-state index >= 15 is 0 Å². The predicted octanol–water partition coefficient (Wildman–Crippen LogP) is 2.75. The number of fused-ring (bicyclic) bond motifs is 1. The third-order valence-corrected chi connectivity index (χ3v) is 3.59. The van der Waals surface area contributed by atoms with E-state index in [1.807, 2.05) is 6.20 Å². The van der Waals surface area contributed by atoms with Gasteiger partial charge in [-0.05, 0) is 36.9 Å². The number of likely N-dealkylation sites (N-methyl/N-ethyl adjacent to an activating group) is 1. The van der Waals surface area contributed by atoms with Crippen LogP contribution in [0.3, 0.4) is 0 Å². The van der Waals surface area contributed by atoms with Gasteiger partial charge in [-0.1, -0.05) is 26.8 Å². The summed E-state index contributed by atoms with van der Waals surface area (Å²) < 4.78 is 0. The summed E-state index contributed by atoms with van der Waals surface area (Å²) >= 11 is 0. The molecule has 2 heteroatoms. The fraction of sp³-hybridized carbons (Fsp3) is 0.643. The Labute approximate surface area is 98.5 Å². The van der Waals surface area contributed by atoms with Crippen molar-refractivity contribution in [2.75, 3.05) is 6.54 Å². The average Bonchev–Trinajstić information content (AvgIpc) is 2.69. The smallest absolute Gasteiger partial charge is 0.0482 e. The van der Waals surface area contributed by atoms with Gasteiger partial charge in [0, 0.05) is 23.9 Å². The highest BCUT2D eigenvalue weighted by Gasteiger charge is 2.31. The highest BCUT2D eigenvalue weighted by molar-refractivity contribution is 5.30. The Morgan fingerprint density at radius 2 is 2.31 bits per heavy atom. The van der Waals surface area contributed by atoms with E-state index in [0.29, 0.717) is 17.9 Å². The second-order valence-electron chi connectivity index (χ2n) is 5.02. The van der Waals surface area contributed by atoms with E-state index in [9.17, 15) is 0 Å². The standard InChI is InChI=1S/C14H22N2/c1-4-15-13(10(2)3)12-8-7-11-6-5-9-16-14(11)12/h5-6,9-10,12-13,15H,4,7-8H2,1-3H3. The Morgan fingerprint density at radius 1 is 1.50 bits per heavy atom. The molecule has 16 heavy (non-hydrogen) atoms. The first kappa shape index (κ1) is 11.6. The summed E-state index contributed by atoms with van der Waals surface area (Å²) in [4.78, 5) is 4.59. The zero-order valence-electron chi connectivity index (χ0n) is 10.5. The maximum atomic E-state index is 4.59. The lowest BCUT2D eigenvalue weighted by atomic mass is 9.88. The summed E-state index contributed by atoms with van der Waals surface area (Å²) in [6, 6.07) is 4.85. The van der Waals surface area contributed by atoms with E-state index in [4.69, 9.17) is 0 Å². The molecule has 0 bridgehead atoms. The van der Waals surface area contributed by atoms with E-state index in [1.165, 1.54) is 24.1 Å². The van der Waals surface area contributed by atoms with Gasteiger partial charge >= 0.3 is 0 Å². The van der Waals surface area contributed by atoms with Crippen LogP contribution in [0.5, 0.6) is 0 Å². The number of nitrogens with zero attached hydrogens (tertiary/aromatic N) is 1. The molecule has 1 aromatic rings. The Hall–Kier alpha value is -0.890. The number of aromatic nitrogens is 1. The number of pyridine rings is 1. The second-order valence-corrected chi connectivity index (χ2v) is 5.02. The van der Waals surface area contributed by atoms with Crippen LogP contribution in [0.2, 0.25) is 0 Å². The van der Waals surface area contributed by atoms with Gasteiger partial charge in [-0.25, -0.2) is 0 Å². The van der Waals surface area contributed by atoms with Crippen LogP contribution < -0.4 is 5.32 Å². The molecule has 88 valence electrons. The molecular formula is C14H22N2. The van der Waals surface area contributed by atoms with Gasteiger partial charge in [0.25, 0.3) is 0 Å². The largest absolute Gasteiger partial charge is 0.313 e. The van der Waals surface area contributed by atoms with Crippen molar-refractivity contribution in [2.45, 2.75) is 45.6 Å². The van der Waals surface area contributed by atoms with Crippen molar-refractivity contribution < 1.29 is 0 Å². The van der Waals surface area contributed by atoms with Crippen LogP contribution in [-0.4, -0.2) is 17.6 Å². The predicted molar refractivity (Wildman–Crippen MR) is 67.6 cm³/mol. The Balaban J connectivity index is 2.22. The molecule has 0 saturated carbocycles. The molecule has 0 saturated heterocycles. The number of aryl methyl sites for hydroxylation is 1. The van der Waals surface area contributed by atoms with Crippen molar-refractivity contribution in [1.29, 1.82) is 0 Å². The highest BCUT2D eigenvalue weighted by Crippen LogP contribution is 2.35. The van der Waals surface area contributed by atoms with E-state index < -0.39 is 0 Å². The van der Waals surface area contributed by atoms with Gasteiger partial charge in [-0.3, -0.25) is 4.98 Å². The first-order valence-electron chi connectivity index (χ1n) is 6.41. The molecule has 1 aliphatic carbocycles. The summed E-state index contributed by atoms with van der Waals surface area (Å²) in [5, 5.41) is 3.62. The van der Waals surface area contributed by atoms with E-state index in [0.717, 1.165) is 6.54 Å². The lowest BCUT2D eigenvalue weighted by Crippen LogP contribution is -2.38. The molecular weight excluding hydrogens is 196 g/mol. The van der Waals surface area contributed by atoms with Gasteiger partial charge in [0.1, 0.15) is 0 Å². The third-order valence-electron chi connectivity index (χ3n) is 3.59. The molecule has 0 amide bonds. The fourth-order valence-corrected chi connectivity index (χ4v) is 2.87. The molecule has 2 unspecified atom stereocenters. The van der Waals surface area contributed by atoms with Crippen LogP contribution >= 0.6 is 0 Å². The second kappa shape index (κ2) is 4.96. The van der Waals surface area contributed by atoms with Crippen LogP contribution in [0.4, 0.5) is 0 Å². The first-order valence-corrected chi connectivity index (χ1v) is 6.41. The molecule has 1 aromatic heterocycles. The molecule has 1 heterocycles. The van der Waals surface area contributed by atoms with E-state index in [2.05, 4.69) is 43.2 Å². The van der Waals surface area contributed by atoms with Crippen molar-refractivity contribution in [2.24, 2.45) is 5.92 Å². The molecule has 2 nitrogen and oxygen atoms in total. The maximum absolute atomic E-state index is 4.59. The van der Waals surface area contributed by atoms with Gasteiger partial charge in [0.2, 0.25) is 0 Å². The quantitative estimate of drug-likeness (QED) is 0.840. The zero-order valence-corrected chi connectivity index (χ0v) is 10.5. The minimum absolute atomic E-state index is 0.571. The van der Waals surface area contributed by atoms with E-state index in [-0.39, 0.29) is 0 Å². The summed E-state index contributed by atoms with van der Waals surface area (Å²) in [5.74, 6) is 1.27. The lowest BCUT2D eigenvalue weighted by Gasteiger charge is -2.28. The van der Waals surface area contributed by atoms with Crippen molar-refractivity contribution in [3.05, 3.63) is 29.6 Å². The molecule has 1 N–H and O–H groups in total. The molecule has 1 aliphatic rings. The molecule has 0 aliphatic heterocycles. The monoisotopic (exact) mass is 218 g/mol. The zero-order chi connectivity index (χ0) is 11.5. The lowest BCUT2D eigenvalue weighted by molar-refractivity contribution is 0.342. The van der Waals surface area contributed by atoms with Crippen molar-refractivity contribution in [3.8, 4) is 0 Å². The molecule has 0 spiro atoms. The number of rotatable bonds is 4. The van der Waals surface area contributed by atoms with Gasteiger partial charge < -0.3 is 5.32 Å². The van der Waals surface area contributed by atoms with E-state index in [1.54, 1.807) is 0 Å². The number of nitrogens with one attached hydrogen (secondary N) is 1. The first-order chi connectivity index (χ1) is 7.74. The normalized spacial score (nSPS) is 21.1. The summed E-state index contributed by atoms with van der Waals surface area (Å²) in [5.41, 5.74) is 2.79. The van der Waals surface area contributed by atoms with Crippen LogP contribution in [0.25, 0.3) is 0 Å². The summed E-state index contributed by atoms with van der Waals surface area (Å²) in [7, 11) is 0. The Morgan fingerprint density at radius 3 is 3.00 bits per heavy atom.